The van der Waals surface area contributed by atoms with Gasteiger partial charge in [-0.05, 0) is 35.9 Å². The fourth-order valence-electron chi connectivity index (χ4n) is 2.72. The highest BCUT2D eigenvalue weighted by atomic mass is 35.5. The van der Waals surface area contributed by atoms with Crippen molar-refractivity contribution in [1.82, 2.24) is 9.73 Å². The predicted octanol–water partition coefficient (Wildman–Crippen LogP) is 3.82. The van der Waals surface area contributed by atoms with Gasteiger partial charge >= 0.3 is 0 Å². The molecule has 1 N–H and O–H groups in total. The second-order valence-corrected chi connectivity index (χ2v) is 8.90. The number of nitrogens with one attached hydrogen (secondary N) is 1. The van der Waals surface area contributed by atoms with Gasteiger partial charge in [0.1, 0.15) is 5.82 Å². The summed E-state index contributed by atoms with van der Waals surface area (Å²) < 4.78 is 41.0. The lowest BCUT2D eigenvalue weighted by atomic mass is 10.2. The number of hydrogen-bond acceptors (Lipinski definition) is 4. The maximum absolute atomic E-state index is 13.6. The first kappa shape index (κ1) is 22.6. The molecule has 6 nitrogen and oxygen atoms in total. The van der Waals surface area contributed by atoms with Crippen molar-refractivity contribution in [1.29, 1.82) is 0 Å². The highest BCUT2D eigenvalue weighted by Crippen LogP contribution is 2.20. The summed E-state index contributed by atoms with van der Waals surface area (Å²) in [4.78, 5) is 12.4. The molecule has 0 aliphatic carbocycles. The van der Waals surface area contributed by atoms with Crippen LogP contribution in [0, 0.1) is 5.82 Å². The Morgan fingerprint density at radius 1 is 1.00 bits per heavy atom. The van der Waals surface area contributed by atoms with Crippen LogP contribution in [0.5, 0.6) is 0 Å². The Kier molecular flexibility index (Phi) is 7.51. The Labute approximate surface area is 185 Å². The summed E-state index contributed by atoms with van der Waals surface area (Å²) in [5, 5.41) is 4.12. The molecule has 0 fully saturated rings. The van der Waals surface area contributed by atoms with Crippen LogP contribution in [0.4, 0.5) is 4.39 Å². The summed E-state index contributed by atoms with van der Waals surface area (Å²) in [5.74, 6) is -1.16. The number of rotatable bonds is 8. The number of hydrazone groups is 1. The molecule has 9 heteroatoms. The van der Waals surface area contributed by atoms with E-state index in [4.69, 9.17) is 11.6 Å². The topological polar surface area (TPSA) is 78.8 Å². The molecule has 3 aromatic rings. The molecule has 3 aromatic carbocycles. The summed E-state index contributed by atoms with van der Waals surface area (Å²) in [6, 6.07) is 20.5. The van der Waals surface area contributed by atoms with E-state index < -0.39 is 28.3 Å². The van der Waals surface area contributed by atoms with Crippen molar-refractivity contribution in [2.24, 2.45) is 5.10 Å². The van der Waals surface area contributed by atoms with Crippen LogP contribution in [-0.2, 0) is 21.4 Å². The van der Waals surface area contributed by atoms with E-state index in [1.54, 1.807) is 30.3 Å². The average molecular weight is 460 g/mol. The van der Waals surface area contributed by atoms with Crippen LogP contribution < -0.4 is 5.43 Å². The van der Waals surface area contributed by atoms with Crippen molar-refractivity contribution in [3.63, 3.8) is 0 Å². The van der Waals surface area contributed by atoms with Gasteiger partial charge < -0.3 is 0 Å². The normalized spacial score (nSPS) is 11.7. The zero-order valence-corrected chi connectivity index (χ0v) is 17.9. The van der Waals surface area contributed by atoms with Gasteiger partial charge in [-0.3, -0.25) is 4.79 Å². The van der Waals surface area contributed by atoms with Gasteiger partial charge in [0.05, 0.1) is 17.7 Å². The molecular formula is C22H19ClFN3O3S. The Morgan fingerprint density at radius 2 is 1.65 bits per heavy atom. The van der Waals surface area contributed by atoms with Gasteiger partial charge in [-0.2, -0.15) is 9.41 Å². The van der Waals surface area contributed by atoms with E-state index in [1.165, 1.54) is 42.5 Å². The molecule has 160 valence electrons. The molecule has 0 spiro atoms. The van der Waals surface area contributed by atoms with Crippen molar-refractivity contribution in [3.05, 3.63) is 101 Å². The molecule has 0 aliphatic rings. The van der Waals surface area contributed by atoms with Crippen LogP contribution in [0.25, 0.3) is 0 Å². The van der Waals surface area contributed by atoms with E-state index in [2.05, 4.69) is 10.5 Å². The summed E-state index contributed by atoms with van der Waals surface area (Å²) in [6.45, 7) is -0.495. The van der Waals surface area contributed by atoms with E-state index >= 15 is 0 Å². The SMILES string of the molecule is O=C(CN(Cc1ccccc1)S(=O)(=O)c1ccc(Cl)cc1)N/N=C\c1ccccc1F. The number of sulfonamides is 1. The molecule has 31 heavy (non-hydrogen) atoms. The van der Waals surface area contributed by atoms with Gasteiger partial charge in [0.2, 0.25) is 10.0 Å². The fraction of sp³-hybridized carbons (Fsp3) is 0.0909. The quantitative estimate of drug-likeness (QED) is 0.411. The minimum Gasteiger partial charge on any atom is -0.272 e. The van der Waals surface area contributed by atoms with Crippen LogP contribution in [0.1, 0.15) is 11.1 Å². The number of halogens is 2. The number of amides is 1. The van der Waals surface area contributed by atoms with Gasteiger partial charge in [0.15, 0.2) is 0 Å². The first-order valence-corrected chi connectivity index (χ1v) is 11.0. The Balaban J connectivity index is 1.78. The third-order valence-corrected chi connectivity index (χ3v) is 6.33. The maximum Gasteiger partial charge on any atom is 0.255 e. The molecular weight excluding hydrogens is 441 g/mol. The van der Waals surface area contributed by atoms with E-state index in [-0.39, 0.29) is 17.0 Å². The van der Waals surface area contributed by atoms with Gasteiger partial charge in [0.25, 0.3) is 5.91 Å². The standard InChI is InChI=1S/C22H19ClFN3O3S/c23-19-10-12-20(13-11-19)31(29,30)27(15-17-6-2-1-3-7-17)16-22(28)26-25-14-18-8-4-5-9-21(18)24/h1-14H,15-16H2,(H,26,28)/b25-14-. The monoisotopic (exact) mass is 459 g/mol. The maximum atomic E-state index is 13.6. The molecule has 0 saturated heterocycles. The second kappa shape index (κ2) is 10.3. The van der Waals surface area contributed by atoms with Crippen LogP contribution >= 0.6 is 11.6 Å². The Morgan fingerprint density at radius 3 is 2.32 bits per heavy atom. The smallest absolute Gasteiger partial charge is 0.255 e. The zero-order chi connectivity index (χ0) is 22.3. The Hall–Kier alpha value is -3.07. The zero-order valence-electron chi connectivity index (χ0n) is 16.3. The molecule has 0 radical (unpaired) electrons. The molecule has 0 saturated carbocycles. The molecule has 0 atom stereocenters. The van der Waals surface area contributed by atoms with Crippen LogP contribution in [0.2, 0.25) is 5.02 Å². The summed E-state index contributed by atoms with van der Waals surface area (Å²) in [5.41, 5.74) is 3.15. The van der Waals surface area contributed by atoms with E-state index in [0.29, 0.717) is 10.6 Å². The van der Waals surface area contributed by atoms with Crippen molar-refractivity contribution in [2.75, 3.05) is 6.54 Å². The number of benzene rings is 3. The molecule has 3 rings (SSSR count). The summed E-state index contributed by atoms with van der Waals surface area (Å²) in [7, 11) is -3.99. The molecule has 0 heterocycles. The van der Waals surface area contributed by atoms with Gasteiger partial charge in [-0.1, -0.05) is 60.1 Å². The largest absolute Gasteiger partial charge is 0.272 e. The average Bonchev–Trinajstić information content (AvgIpc) is 2.76. The molecule has 0 aliphatic heterocycles. The third-order valence-electron chi connectivity index (χ3n) is 4.27. The number of carbonyl (C=O) groups is 1. The minimum absolute atomic E-state index is 0.00971. The summed E-state index contributed by atoms with van der Waals surface area (Å²) in [6.07, 6.45) is 1.16. The van der Waals surface area contributed by atoms with Crippen LogP contribution in [0.3, 0.4) is 0 Å². The van der Waals surface area contributed by atoms with Crippen LogP contribution in [0.15, 0.2) is 88.9 Å². The first-order valence-electron chi connectivity index (χ1n) is 9.22. The van der Waals surface area contributed by atoms with Crippen molar-refractivity contribution in [3.8, 4) is 0 Å². The lowest BCUT2D eigenvalue weighted by molar-refractivity contribution is -0.121. The molecule has 0 bridgehead atoms. The van der Waals surface area contributed by atoms with Crippen LogP contribution in [-0.4, -0.2) is 31.4 Å². The number of nitrogens with zero attached hydrogens (tertiary/aromatic N) is 2. The van der Waals surface area contributed by atoms with Gasteiger partial charge in [0, 0.05) is 17.1 Å². The molecule has 0 unspecified atom stereocenters. The minimum atomic E-state index is -3.99. The van der Waals surface area contributed by atoms with Gasteiger partial charge in [-0.15, -0.1) is 0 Å². The highest BCUT2D eigenvalue weighted by Gasteiger charge is 2.27. The van der Waals surface area contributed by atoms with E-state index in [9.17, 15) is 17.6 Å². The van der Waals surface area contributed by atoms with Gasteiger partial charge in [-0.25, -0.2) is 18.2 Å². The molecule has 0 aromatic heterocycles. The summed E-state index contributed by atoms with van der Waals surface area (Å²) >= 11 is 5.86. The fourth-order valence-corrected chi connectivity index (χ4v) is 4.23. The van der Waals surface area contributed by atoms with E-state index in [0.717, 1.165) is 10.5 Å². The lowest BCUT2D eigenvalue weighted by Gasteiger charge is -2.21. The van der Waals surface area contributed by atoms with Crippen molar-refractivity contribution >= 4 is 33.7 Å². The highest BCUT2D eigenvalue weighted by molar-refractivity contribution is 7.89. The third kappa shape index (κ3) is 6.21. The number of hydrogen-bond donors (Lipinski definition) is 1. The number of carbonyl (C=O) groups excluding carboxylic acids is 1. The Bertz CT molecular complexity index is 1170. The van der Waals surface area contributed by atoms with Crippen molar-refractivity contribution in [2.45, 2.75) is 11.4 Å². The lowest BCUT2D eigenvalue weighted by Crippen LogP contribution is -2.39. The van der Waals surface area contributed by atoms with Crippen molar-refractivity contribution < 1.29 is 17.6 Å². The molecule has 1 amide bonds. The predicted molar refractivity (Wildman–Crippen MR) is 118 cm³/mol. The second-order valence-electron chi connectivity index (χ2n) is 6.53. The first-order chi connectivity index (χ1) is 14.9. The van der Waals surface area contributed by atoms with E-state index in [1.807, 2.05) is 6.07 Å².